The van der Waals surface area contributed by atoms with Crippen LogP contribution in [-0.4, -0.2) is 12.6 Å². The van der Waals surface area contributed by atoms with E-state index in [1.54, 1.807) is 0 Å². The van der Waals surface area contributed by atoms with E-state index < -0.39 is 0 Å². The third kappa shape index (κ3) is 3.57. The number of hydrogen-bond acceptors (Lipinski definition) is 1. The molecule has 0 bridgehead atoms. The molecule has 12 heavy (non-hydrogen) atoms. The van der Waals surface area contributed by atoms with Gasteiger partial charge in [0.15, 0.2) is 0 Å². The second kappa shape index (κ2) is 3.78. The Balaban J connectivity index is 2.32. The van der Waals surface area contributed by atoms with E-state index in [0.29, 0.717) is 5.41 Å². The summed E-state index contributed by atoms with van der Waals surface area (Å²) < 4.78 is 0. The Kier molecular flexibility index (Phi) is 3.16. The summed E-state index contributed by atoms with van der Waals surface area (Å²) in [6.07, 6.45) is 4.23. The third-order valence-corrected chi connectivity index (χ3v) is 2.49. The van der Waals surface area contributed by atoms with Crippen LogP contribution in [-0.2, 0) is 0 Å². The van der Waals surface area contributed by atoms with E-state index in [-0.39, 0.29) is 0 Å². The lowest BCUT2D eigenvalue weighted by Gasteiger charge is -2.26. The summed E-state index contributed by atoms with van der Waals surface area (Å²) in [5.74, 6) is 0.990. The molecule has 1 atom stereocenters. The molecular formula is C11H23N. The fraction of sp³-hybridized carbons (Fsp3) is 1.00. The minimum Gasteiger partial charge on any atom is -0.314 e. The zero-order chi connectivity index (χ0) is 9.19. The predicted molar refractivity (Wildman–Crippen MR) is 54.3 cm³/mol. The van der Waals surface area contributed by atoms with Gasteiger partial charge in [0.25, 0.3) is 0 Å². The van der Waals surface area contributed by atoms with E-state index in [9.17, 15) is 0 Å². The fourth-order valence-electron chi connectivity index (χ4n) is 1.83. The van der Waals surface area contributed by atoms with Gasteiger partial charge < -0.3 is 5.32 Å². The maximum Gasteiger partial charge on any atom is 0.0100 e. The van der Waals surface area contributed by atoms with Crippen LogP contribution in [0.1, 0.15) is 47.0 Å². The van der Waals surface area contributed by atoms with E-state index in [0.717, 1.165) is 18.5 Å². The SMILES string of the molecule is CCNC(CC(C)(C)C)C1CC1. The monoisotopic (exact) mass is 169 g/mol. The van der Waals surface area contributed by atoms with Crippen LogP contribution in [0.5, 0.6) is 0 Å². The van der Waals surface area contributed by atoms with Crippen molar-refractivity contribution in [3.63, 3.8) is 0 Å². The second-order valence-electron chi connectivity index (χ2n) is 5.27. The van der Waals surface area contributed by atoms with Crippen molar-refractivity contribution in [2.75, 3.05) is 6.54 Å². The number of hydrogen-bond donors (Lipinski definition) is 1. The first-order chi connectivity index (χ1) is 5.53. The molecule has 0 heterocycles. The second-order valence-corrected chi connectivity index (χ2v) is 5.27. The van der Waals surface area contributed by atoms with Gasteiger partial charge in [0.2, 0.25) is 0 Å². The van der Waals surface area contributed by atoms with Crippen molar-refractivity contribution in [1.29, 1.82) is 0 Å². The van der Waals surface area contributed by atoms with Gasteiger partial charge in [-0.2, -0.15) is 0 Å². The Labute approximate surface area is 76.9 Å². The lowest BCUT2D eigenvalue weighted by molar-refractivity contribution is 0.292. The van der Waals surface area contributed by atoms with Gasteiger partial charge in [-0.15, -0.1) is 0 Å². The molecule has 1 nitrogen and oxygen atoms in total. The first kappa shape index (κ1) is 10.0. The van der Waals surface area contributed by atoms with Gasteiger partial charge >= 0.3 is 0 Å². The summed E-state index contributed by atoms with van der Waals surface area (Å²) in [5.41, 5.74) is 0.482. The number of nitrogens with one attached hydrogen (secondary N) is 1. The molecule has 1 heteroatoms. The lowest BCUT2D eigenvalue weighted by Crippen LogP contribution is -2.34. The Hall–Kier alpha value is -0.0400. The maximum atomic E-state index is 3.60. The zero-order valence-corrected chi connectivity index (χ0v) is 8.98. The van der Waals surface area contributed by atoms with Crippen molar-refractivity contribution < 1.29 is 0 Å². The van der Waals surface area contributed by atoms with Gasteiger partial charge in [0.05, 0.1) is 0 Å². The van der Waals surface area contributed by atoms with E-state index in [2.05, 4.69) is 33.0 Å². The van der Waals surface area contributed by atoms with Gasteiger partial charge in [0.1, 0.15) is 0 Å². The lowest BCUT2D eigenvalue weighted by atomic mass is 9.86. The van der Waals surface area contributed by atoms with Gasteiger partial charge in [-0.1, -0.05) is 27.7 Å². The van der Waals surface area contributed by atoms with E-state index in [1.807, 2.05) is 0 Å². The average Bonchev–Trinajstić information content (AvgIpc) is 2.63. The molecule has 1 aliphatic rings. The summed E-state index contributed by atoms with van der Waals surface area (Å²) in [6, 6.07) is 0.787. The summed E-state index contributed by atoms with van der Waals surface area (Å²) in [6.45, 7) is 10.3. The Morgan fingerprint density at radius 3 is 2.25 bits per heavy atom. The summed E-state index contributed by atoms with van der Waals surface area (Å²) in [5, 5.41) is 3.60. The standard InChI is InChI=1S/C11H23N/c1-5-12-10(9-6-7-9)8-11(2,3)4/h9-10,12H,5-8H2,1-4H3. The first-order valence-corrected chi connectivity index (χ1v) is 5.26. The molecule has 0 aromatic carbocycles. The highest BCUT2D eigenvalue weighted by atomic mass is 14.9. The third-order valence-electron chi connectivity index (χ3n) is 2.49. The molecule has 1 aliphatic carbocycles. The van der Waals surface area contributed by atoms with Crippen molar-refractivity contribution in [1.82, 2.24) is 5.32 Å². The van der Waals surface area contributed by atoms with Crippen molar-refractivity contribution in [2.45, 2.75) is 53.0 Å². The molecule has 72 valence electrons. The topological polar surface area (TPSA) is 12.0 Å². The van der Waals surface area contributed by atoms with Crippen molar-refractivity contribution in [2.24, 2.45) is 11.3 Å². The Morgan fingerprint density at radius 1 is 1.33 bits per heavy atom. The van der Waals surface area contributed by atoms with Crippen LogP contribution in [0, 0.1) is 11.3 Å². The van der Waals surface area contributed by atoms with Gasteiger partial charge in [-0.3, -0.25) is 0 Å². The quantitative estimate of drug-likeness (QED) is 0.682. The predicted octanol–water partition coefficient (Wildman–Crippen LogP) is 2.81. The van der Waals surface area contributed by atoms with Crippen LogP contribution in [0.15, 0.2) is 0 Å². The van der Waals surface area contributed by atoms with Crippen LogP contribution in [0.2, 0.25) is 0 Å². The van der Waals surface area contributed by atoms with Crippen LogP contribution in [0.3, 0.4) is 0 Å². The molecule has 0 aromatic rings. The fourth-order valence-corrected chi connectivity index (χ4v) is 1.83. The molecule has 1 fully saturated rings. The van der Waals surface area contributed by atoms with E-state index >= 15 is 0 Å². The molecule has 0 aromatic heterocycles. The maximum absolute atomic E-state index is 3.60. The Morgan fingerprint density at radius 2 is 1.92 bits per heavy atom. The summed E-state index contributed by atoms with van der Waals surface area (Å²) >= 11 is 0. The van der Waals surface area contributed by atoms with Crippen molar-refractivity contribution >= 4 is 0 Å². The van der Waals surface area contributed by atoms with E-state index in [4.69, 9.17) is 0 Å². The minimum absolute atomic E-state index is 0.482. The van der Waals surface area contributed by atoms with Crippen LogP contribution in [0.4, 0.5) is 0 Å². The highest BCUT2D eigenvalue weighted by Gasteiger charge is 2.32. The van der Waals surface area contributed by atoms with Gasteiger partial charge in [-0.05, 0) is 37.1 Å². The smallest absolute Gasteiger partial charge is 0.0100 e. The molecule has 0 amide bonds. The summed E-state index contributed by atoms with van der Waals surface area (Å²) in [4.78, 5) is 0. The van der Waals surface area contributed by atoms with Gasteiger partial charge in [0, 0.05) is 6.04 Å². The largest absolute Gasteiger partial charge is 0.314 e. The minimum atomic E-state index is 0.482. The molecule has 0 spiro atoms. The molecule has 1 unspecified atom stereocenters. The molecule has 1 N–H and O–H groups in total. The molecule has 1 rings (SSSR count). The van der Waals surface area contributed by atoms with Crippen molar-refractivity contribution in [3.05, 3.63) is 0 Å². The highest BCUT2D eigenvalue weighted by Crippen LogP contribution is 2.37. The molecule has 0 saturated heterocycles. The normalized spacial score (nSPS) is 21.0. The van der Waals surface area contributed by atoms with Crippen LogP contribution < -0.4 is 5.32 Å². The molecule has 0 radical (unpaired) electrons. The molecular weight excluding hydrogens is 146 g/mol. The zero-order valence-electron chi connectivity index (χ0n) is 8.98. The molecule has 0 aliphatic heterocycles. The Bertz CT molecular complexity index is 130. The van der Waals surface area contributed by atoms with E-state index in [1.165, 1.54) is 19.3 Å². The average molecular weight is 169 g/mol. The summed E-state index contributed by atoms with van der Waals surface area (Å²) in [7, 11) is 0. The highest BCUT2D eigenvalue weighted by molar-refractivity contribution is 4.88. The van der Waals surface area contributed by atoms with Crippen LogP contribution >= 0.6 is 0 Å². The van der Waals surface area contributed by atoms with Gasteiger partial charge in [-0.25, -0.2) is 0 Å². The van der Waals surface area contributed by atoms with Crippen LogP contribution in [0.25, 0.3) is 0 Å². The molecule has 1 saturated carbocycles. The number of rotatable bonds is 4. The van der Waals surface area contributed by atoms with Crippen molar-refractivity contribution in [3.8, 4) is 0 Å². The first-order valence-electron chi connectivity index (χ1n) is 5.26.